The van der Waals surface area contributed by atoms with Crippen LogP contribution >= 0.6 is 0 Å². The summed E-state index contributed by atoms with van der Waals surface area (Å²) in [5.41, 5.74) is 3.93. The van der Waals surface area contributed by atoms with E-state index in [0.29, 0.717) is 39.1 Å². The summed E-state index contributed by atoms with van der Waals surface area (Å²) in [5, 5.41) is 10.3. The zero-order valence-corrected chi connectivity index (χ0v) is 20.2. The summed E-state index contributed by atoms with van der Waals surface area (Å²) in [6, 6.07) is 18.9. The molecule has 1 unspecified atom stereocenters. The number of aromatic amines is 1. The maximum absolute atomic E-state index is 12.8. The van der Waals surface area contributed by atoms with E-state index in [4.69, 9.17) is 0 Å². The number of carbonyl (C=O) groups excluding carboxylic acids is 1. The van der Waals surface area contributed by atoms with Crippen LogP contribution in [0.1, 0.15) is 30.0 Å². The van der Waals surface area contributed by atoms with E-state index in [1.807, 2.05) is 66.9 Å². The Kier molecular flexibility index (Phi) is 7.77. The molecule has 0 bridgehead atoms. The quantitative estimate of drug-likeness (QED) is 0.584. The number of H-pyrrole nitrogens is 1. The molecule has 1 fully saturated rings. The first-order valence-electron chi connectivity index (χ1n) is 11.5. The second kappa shape index (κ2) is 10.9. The highest BCUT2D eigenvalue weighted by Gasteiger charge is 2.30. The van der Waals surface area contributed by atoms with Crippen molar-refractivity contribution in [2.45, 2.75) is 25.4 Å². The number of nitrogens with one attached hydrogen (secondary N) is 2. The number of hydrogen-bond acceptors (Lipinski definition) is 5. The van der Waals surface area contributed by atoms with Crippen molar-refractivity contribution >= 4 is 15.9 Å². The highest BCUT2D eigenvalue weighted by molar-refractivity contribution is 7.88. The largest absolute Gasteiger partial charge is 0.355 e. The van der Waals surface area contributed by atoms with Crippen LogP contribution in [0.25, 0.3) is 11.3 Å². The minimum atomic E-state index is -3.52. The number of nitrogens with zero attached hydrogens (tertiary/aromatic N) is 3. The van der Waals surface area contributed by atoms with E-state index in [9.17, 15) is 13.2 Å². The van der Waals surface area contributed by atoms with Crippen molar-refractivity contribution in [2.24, 2.45) is 0 Å². The molecule has 0 saturated carbocycles. The first-order valence-corrected chi connectivity index (χ1v) is 13.3. The fraction of sp³-hybridized carbons (Fsp3) is 0.360. The molecule has 3 aromatic rings. The molecule has 2 aromatic carbocycles. The minimum Gasteiger partial charge on any atom is -0.355 e. The van der Waals surface area contributed by atoms with Gasteiger partial charge in [0.05, 0.1) is 24.2 Å². The first kappa shape index (κ1) is 24.1. The molecule has 1 aliphatic heterocycles. The van der Waals surface area contributed by atoms with Crippen molar-refractivity contribution in [3.8, 4) is 11.3 Å². The minimum absolute atomic E-state index is 0.0942. The SMILES string of the molecule is CS(=O)(=O)N1CCCN(Cc2cn[nH]c2-c2ccccc2)CCNC(=O)CC1c1ccccc1. The van der Waals surface area contributed by atoms with Gasteiger partial charge in [-0.3, -0.25) is 14.8 Å². The second-order valence-corrected chi connectivity index (χ2v) is 10.6. The Balaban J connectivity index is 1.54. The van der Waals surface area contributed by atoms with E-state index in [-0.39, 0.29) is 12.3 Å². The van der Waals surface area contributed by atoms with Crippen LogP contribution in [0, 0.1) is 0 Å². The molecule has 1 atom stereocenters. The van der Waals surface area contributed by atoms with Crippen LogP contribution in [-0.2, 0) is 21.4 Å². The summed E-state index contributed by atoms with van der Waals surface area (Å²) in [6.45, 7) is 2.86. The summed E-state index contributed by atoms with van der Waals surface area (Å²) in [4.78, 5) is 15.0. The number of amides is 1. The van der Waals surface area contributed by atoms with Gasteiger partial charge >= 0.3 is 0 Å². The number of rotatable bonds is 5. The van der Waals surface area contributed by atoms with E-state index in [0.717, 1.165) is 22.4 Å². The van der Waals surface area contributed by atoms with Crippen LogP contribution in [0.15, 0.2) is 66.9 Å². The molecule has 1 aliphatic rings. The smallest absolute Gasteiger partial charge is 0.222 e. The van der Waals surface area contributed by atoms with Crippen LogP contribution in [0.3, 0.4) is 0 Å². The van der Waals surface area contributed by atoms with Crippen molar-refractivity contribution in [2.75, 3.05) is 32.4 Å². The molecule has 0 aliphatic carbocycles. The molecule has 9 heteroatoms. The summed E-state index contributed by atoms with van der Waals surface area (Å²) >= 11 is 0. The lowest BCUT2D eigenvalue weighted by Gasteiger charge is -2.30. The van der Waals surface area contributed by atoms with Crippen molar-refractivity contribution in [1.82, 2.24) is 24.7 Å². The Morgan fingerprint density at radius 1 is 1.00 bits per heavy atom. The van der Waals surface area contributed by atoms with E-state index in [2.05, 4.69) is 20.4 Å². The zero-order valence-electron chi connectivity index (χ0n) is 19.4. The molecule has 34 heavy (non-hydrogen) atoms. The van der Waals surface area contributed by atoms with Gasteiger partial charge in [0.1, 0.15) is 0 Å². The monoisotopic (exact) mass is 481 g/mol. The van der Waals surface area contributed by atoms with Gasteiger partial charge in [-0.25, -0.2) is 8.42 Å². The number of aromatic nitrogens is 2. The van der Waals surface area contributed by atoms with Gasteiger partial charge in [0.15, 0.2) is 0 Å². The molecular formula is C25H31N5O3S. The molecule has 2 N–H and O–H groups in total. The summed E-state index contributed by atoms with van der Waals surface area (Å²) in [6.07, 6.45) is 3.80. The van der Waals surface area contributed by atoms with Gasteiger partial charge in [0, 0.05) is 38.2 Å². The topological polar surface area (TPSA) is 98.4 Å². The molecule has 0 spiro atoms. The second-order valence-electron chi connectivity index (χ2n) is 8.62. The third kappa shape index (κ3) is 6.11. The lowest BCUT2D eigenvalue weighted by molar-refractivity contribution is -0.122. The Hall–Kier alpha value is -3.01. The van der Waals surface area contributed by atoms with Gasteiger partial charge in [0.2, 0.25) is 15.9 Å². The average molecular weight is 482 g/mol. The molecule has 4 rings (SSSR count). The first-order chi connectivity index (χ1) is 16.4. The summed E-state index contributed by atoms with van der Waals surface area (Å²) < 4.78 is 26.9. The van der Waals surface area contributed by atoms with Crippen molar-refractivity contribution in [1.29, 1.82) is 0 Å². The molecule has 2 heterocycles. The van der Waals surface area contributed by atoms with Gasteiger partial charge in [-0.2, -0.15) is 9.40 Å². The van der Waals surface area contributed by atoms with Crippen LogP contribution in [0.5, 0.6) is 0 Å². The average Bonchev–Trinajstić information content (AvgIpc) is 3.27. The summed E-state index contributed by atoms with van der Waals surface area (Å²) in [5.74, 6) is -0.155. The van der Waals surface area contributed by atoms with Gasteiger partial charge < -0.3 is 5.32 Å². The molecule has 8 nitrogen and oxygen atoms in total. The number of hydrogen-bond donors (Lipinski definition) is 2. The normalized spacial score (nSPS) is 19.3. The molecule has 0 radical (unpaired) electrons. The van der Waals surface area contributed by atoms with Gasteiger partial charge in [-0.05, 0) is 24.1 Å². The molecule has 1 saturated heterocycles. The van der Waals surface area contributed by atoms with Gasteiger partial charge in [-0.1, -0.05) is 60.7 Å². The fourth-order valence-corrected chi connectivity index (χ4v) is 5.58. The van der Waals surface area contributed by atoms with Crippen molar-refractivity contribution in [3.05, 3.63) is 78.0 Å². The fourth-order valence-electron chi connectivity index (χ4n) is 4.46. The summed E-state index contributed by atoms with van der Waals surface area (Å²) in [7, 11) is -3.52. The van der Waals surface area contributed by atoms with Gasteiger partial charge in [-0.15, -0.1) is 0 Å². The van der Waals surface area contributed by atoms with Crippen LogP contribution < -0.4 is 5.32 Å². The van der Waals surface area contributed by atoms with Crippen LogP contribution in [-0.4, -0.2) is 66.2 Å². The van der Waals surface area contributed by atoms with Crippen molar-refractivity contribution < 1.29 is 13.2 Å². The lowest BCUT2D eigenvalue weighted by Crippen LogP contribution is -2.38. The van der Waals surface area contributed by atoms with E-state index in [1.165, 1.54) is 10.6 Å². The zero-order chi connectivity index (χ0) is 24.0. The van der Waals surface area contributed by atoms with E-state index >= 15 is 0 Å². The third-order valence-electron chi connectivity index (χ3n) is 6.11. The van der Waals surface area contributed by atoms with Crippen LogP contribution in [0.4, 0.5) is 0 Å². The molecule has 180 valence electrons. The van der Waals surface area contributed by atoms with Gasteiger partial charge in [0.25, 0.3) is 0 Å². The highest BCUT2D eigenvalue weighted by atomic mass is 32.2. The van der Waals surface area contributed by atoms with E-state index in [1.54, 1.807) is 0 Å². The highest BCUT2D eigenvalue weighted by Crippen LogP contribution is 2.28. The van der Waals surface area contributed by atoms with Crippen LogP contribution in [0.2, 0.25) is 0 Å². The predicted molar refractivity (Wildman–Crippen MR) is 132 cm³/mol. The standard InChI is InChI=1S/C25H31N5O3S/c1-34(32,33)30-15-8-14-29(19-22-18-27-28-25(22)21-11-6-3-7-12-21)16-13-26-24(31)17-23(30)20-9-4-2-5-10-20/h2-7,9-12,18,23H,8,13-17,19H2,1H3,(H,26,31)(H,27,28). The third-order valence-corrected chi connectivity index (χ3v) is 7.40. The van der Waals surface area contributed by atoms with E-state index < -0.39 is 16.1 Å². The molecular weight excluding hydrogens is 450 g/mol. The Labute approximate surface area is 201 Å². The number of sulfonamides is 1. The maximum Gasteiger partial charge on any atom is 0.222 e. The Morgan fingerprint density at radius 2 is 1.71 bits per heavy atom. The Morgan fingerprint density at radius 3 is 2.41 bits per heavy atom. The Bertz CT molecular complexity index is 1180. The molecule has 1 aromatic heterocycles. The maximum atomic E-state index is 12.8. The van der Waals surface area contributed by atoms with Crippen molar-refractivity contribution in [3.63, 3.8) is 0 Å². The molecule has 1 amide bonds. The predicted octanol–water partition coefficient (Wildman–Crippen LogP) is 2.79. The number of carbonyl (C=O) groups is 1. The lowest BCUT2D eigenvalue weighted by atomic mass is 10.0. The number of benzene rings is 2.